The first-order valence-electron chi connectivity index (χ1n) is 5.81. The standard InChI is InChI=1S/C12H19N3O3/c1-6-15-9(7-16)10(8(2)14-15)13-11(17)18-12(3,4)5/h7H,6H2,1-5H3,(H,13,17). The van der Waals surface area contributed by atoms with Gasteiger partial charge in [0.2, 0.25) is 0 Å². The molecule has 0 radical (unpaired) electrons. The maximum absolute atomic E-state index is 11.7. The summed E-state index contributed by atoms with van der Waals surface area (Å²) in [6.07, 6.45) is 0.0836. The van der Waals surface area contributed by atoms with Crippen LogP contribution in [0, 0.1) is 6.92 Å². The Kier molecular flexibility index (Phi) is 4.11. The number of hydrogen-bond donors (Lipinski definition) is 1. The molecule has 1 rings (SSSR count). The number of aldehydes is 1. The highest BCUT2D eigenvalue weighted by Crippen LogP contribution is 2.20. The van der Waals surface area contributed by atoms with Crippen LogP contribution < -0.4 is 5.32 Å². The number of aryl methyl sites for hydroxylation is 2. The molecule has 0 atom stereocenters. The maximum atomic E-state index is 11.7. The molecule has 18 heavy (non-hydrogen) atoms. The predicted octanol–water partition coefficient (Wildman–Crippen LogP) is 2.37. The van der Waals surface area contributed by atoms with Crippen molar-refractivity contribution in [2.24, 2.45) is 0 Å². The summed E-state index contributed by atoms with van der Waals surface area (Å²) in [7, 11) is 0. The third-order valence-electron chi connectivity index (χ3n) is 2.20. The number of carbonyl (C=O) groups is 2. The van der Waals surface area contributed by atoms with Crippen LogP contribution in [0.1, 0.15) is 43.9 Å². The maximum Gasteiger partial charge on any atom is 0.412 e. The summed E-state index contributed by atoms with van der Waals surface area (Å²) in [5.74, 6) is 0. The van der Waals surface area contributed by atoms with E-state index in [0.29, 0.717) is 29.9 Å². The van der Waals surface area contributed by atoms with E-state index in [1.807, 2.05) is 6.92 Å². The minimum absolute atomic E-state index is 0.348. The molecule has 1 N–H and O–H groups in total. The summed E-state index contributed by atoms with van der Waals surface area (Å²) >= 11 is 0. The van der Waals surface area contributed by atoms with Crippen LogP contribution in [-0.4, -0.2) is 27.8 Å². The van der Waals surface area contributed by atoms with Crippen LogP contribution in [0.5, 0.6) is 0 Å². The molecule has 0 unspecified atom stereocenters. The van der Waals surface area contributed by atoms with Crippen molar-refractivity contribution in [2.45, 2.75) is 46.8 Å². The minimum Gasteiger partial charge on any atom is -0.444 e. The topological polar surface area (TPSA) is 73.2 Å². The lowest BCUT2D eigenvalue weighted by Crippen LogP contribution is -2.27. The fraction of sp³-hybridized carbons (Fsp3) is 0.583. The van der Waals surface area contributed by atoms with Crippen LogP contribution in [0.3, 0.4) is 0 Å². The molecule has 0 fully saturated rings. The van der Waals surface area contributed by atoms with Gasteiger partial charge in [0.05, 0.1) is 11.4 Å². The molecule has 1 aromatic heterocycles. The van der Waals surface area contributed by atoms with Crippen LogP contribution in [-0.2, 0) is 11.3 Å². The zero-order valence-corrected chi connectivity index (χ0v) is 11.4. The van der Waals surface area contributed by atoms with E-state index < -0.39 is 11.7 Å². The van der Waals surface area contributed by atoms with Crippen LogP contribution >= 0.6 is 0 Å². The molecule has 0 aliphatic carbocycles. The zero-order chi connectivity index (χ0) is 13.9. The van der Waals surface area contributed by atoms with Gasteiger partial charge < -0.3 is 4.74 Å². The number of nitrogens with one attached hydrogen (secondary N) is 1. The number of anilines is 1. The Morgan fingerprint density at radius 3 is 2.56 bits per heavy atom. The quantitative estimate of drug-likeness (QED) is 0.839. The van der Waals surface area contributed by atoms with Crippen molar-refractivity contribution in [2.75, 3.05) is 5.32 Å². The van der Waals surface area contributed by atoms with E-state index in [2.05, 4.69) is 10.4 Å². The largest absolute Gasteiger partial charge is 0.444 e. The van der Waals surface area contributed by atoms with E-state index in [1.165, 1.54) is 4.68 Å². The number of carbonyl (C=O) groups excluding carboxylic acids is 2. The van der Waals surface area contributed by atoms with Crippen molar-refractivity contribution in [1.29, 1.82) is 0 Å². The lowest BCUT2D eigenvalue weighted by atomic mass is 10.2. The Morgan fingerprint density at radius 1 is 1.50 bits per heavy atom. The molecule has 6 heteroatoms. The van der Waals surface area contributed by atoms with Crippen molar-refractivity contribution < 1.29 is 14.3 Å². The van der Waals surface area contributed by atoms with Crippen molar-refractivity contribution in [3.63, 3.8) is 0 Å². The van der Waals surface area contributed by atoms with Gasteiger partial charge in [-0.1, -0.05) is 0 Å². The molecular formula is C12H19N3O3. The van der Waals surface area contributed by atoms with Gasteiger partial charge in [-0.15, -0.1) is 0 Å². The Hall–Kier alpha value is -1.85. The van der Waals surface area contributed by atoms with E-state index in [1.54, 1.807) is 27.7 Å². The summed E-state index contributed by atoms with van der Waals surface area (Å²) in [6, 6.07) is 0. The van der Waals surface area contributed by atoms with Gasteiger partial charge in [-0.25, -0.2) is 4.79 Å². The number of ether oxygens (including phenoxy) is 1. The van der Waals surface area contributed by atoms with E-state index >= 15 is 0 Å². The van der Waals surface area contributed by atoms with Gasteiger partial charge in [-0.05, 0) is 34.6 Å². The molecule has 0 saturated carbocycles. The number of hydrogen-bond acceptors (Lipinski definition) is 4. The fourth-order valence-electron chi connectivity index (χ4n) is 1.52. The second-order valence-corrected chi connectivity index (χ2v) is 4.91. The molecule has 100 valence electrons. The van der Waals surface area contributed by atoms with Gasteiger partial charge in [0, 0.05) is 6.54 Å². The first-order chi connectivity index (χ1) is 8.28. The van der Waals surface area contributed by atoms with E-state index in [4.69, 9.17) is 4.74 Å². The second kappa shape index (κ2) is 5.20. The molecule has 0 saturated heterocycles. The van der Waals surface area contributed by atoms with E-state index in [-0.39, 0.29) is 0 Å². The van der Waals surface area contributed by atoms with Gasteiger partial charge in [0.25, 0.3) is 0 Å². The summed E-state index contributed by atoms with van der Waals surface area (Å²) in [6.45, 7) is 9.48. The highest BCUT2D eigenvalue weighted by Gasteiger charge is 2.20. The summed E-state index contributed by atoms with van der Waals surface area (Å²) in [5.41, 5.74) is 0.756. The summed E-state index contributed by atoms with van der Waals surface area (Å²) in [5, 5.41) is 6.73. The Bertz CT molecular complexity index is 458. The molecular weight excluding hydrogens is 234 g/mol. The normalized spacial score (nSPS) is 11.2. The van der Waals surface area contributed by atoms with Gasteiger partial charge >= 0.3 is 6.09 Å². The lowest BCUT2D eigenvalue weighted by molar-refractivity contribution is 0.0636. The molecule has 0 spiro atoms. The predicted molar refractivity (Wildman–Crippen MR) is 67.9 cm³/mol. The summed E-state index contributed by atoms with van der Waals surface area (Å²) in [4.78, 5) is 22.7. The molecule has 0 bridgehead atoms. The van der Waals surface area contributed by atoms with Gasteiger partial charge in [0.15, 0.2) is 6.29 Å². The van der Waals surface area contributed by atoms with Crippen LogP contribution in [0.25, 0.3) is 0 Å². The third-order valence-corrected chi connectivity index (χ3v) is 2.20. The van der Waals surface area contributed by atoms with Crippen LogP contribution in [0.4, 0.5) is 10.5 Å². The molecule has 0 aliphatic heterocycles. The average molecular weight is 253 g/mol. The number of amides is 1. The molecule has 1 heterocycles. The Morgan fingerprint density at radius 2 is 2.11 bits per heavy atom. The van der Waals surface area contributed by atoms with E-state index in [0.717, 1.165) is 0 Å². The Balaban J connectivity index is 2.94. The second-order valence-electron chi connectivity index (χ2n) is 4.91. The van der Waals surface area contributed by atoms with Gasteiger partial charge in [0.1, 0.15) is 11.3 Å². The molecule has 0 aliphatic rings. The molecule has 1 aromatic rings. The van der Waals surface area contributed by atoms with Crippen LogP contribution in [0.15, 0.2) is 0 Å². The first-order valence-corrected chi connectivity index (χ1v) is 5.81. The van der Waals surface area contributed by atoms with Gasteiger partial charge in [-0.2, -0.15) is 5.10 Å². The highest BCUT2D eigenvalue weighted by molar-refractivity contribution is 5.93. The SMILES string of the molecule is CCn1nc(C)c(NC(=O)OC(C)(C)C)c1C=O. The smallest absolute Gasteiger partial charge is 0.412 e. The van der Waals surface area contributed by atoms with Crippen LogP contribution in [0.2, 0.25) is 0 Å². The zero-order valence-electron chi connectivity index (χ0n) is 11.4. The number of rotatable bonds is 3. The third kappa shape index (κ3) is 3.32. The van der Waals surface area contributed by atoms with Crippen molar-refractivity contribution in [3.05, 3.63) is 11.4 Å². The number of aromatic nitrogens is 2. The van der Waals surface area contributed by atoms with Crippen molar-refractivity contribution in [1.82, 2.24) is 9.78 Å². The molecule has 6 nitrogen and oxygen atoms in total. The van der Waals surface area contributed by atoms with Crippen molar-refractivity contribution in [3.8, 4) is 0 Å². The van der Waals surface area contributed by atoms with Crippen molar-refractivity contribution >= 4 is 18.1 Å². The molecule has 0 aromatic carbocycles. The monoisotopic (exact) mass is 253 g/mol. The Labute approximate surface area is 106 Å². The lowest BCUT2D eigenvalue weighted by Gasteiger charge is -2.19. The van der Waals surface area contributed by atoms with Gasteiger partial charge in [-0.3, -0.25) is 14.8 Å². The number of nitrogens with zero attached hydrogens (tertiary/aromatic N) is 2. The highest BCUT2D eigenvalue weighted by atomic mass is 16.6. The average Bonchev–Trinajstić information content (AvgIpc) is 2.52. The molecule has 1 amide bonds. The first kappa shape index (κ1) is 14.2. The van der Waals surface area contributed by atoms with E-state index in [9.17, 15) is 9.59 Å². The minimum atomic E-state index is -0.593. The fourth-order valence-corrected chi connectivity index (χ4v) is 1.52. The summed E-state index contributed by atoms with van der Waals surface area (Å²) < 4.78 is 6.67.